The third-order valence-corrected chi connectivity index (χ3v) is 5.11. The van der Waals surface area contributed by atoms with Crippen LogP contribution < -0.4 is 15.4 Å². The van der Waals surface area contributed by atoms with E-state index in [2.05, 4.69) is 21.7 Å². The monoisotopic (exact) mass is 537 g/mol. The summed E-state index contributed by atoms with van der Waals surface area (Å²) in [6.45, 7) is 3.13. The molecule has 166 valence electrons. The van der Waals surface area contributed by atoms with Crippen LogP contribution in [0.15, 0.2) is 74.9 Å². The Balaban J connectivity index is 0.00000272. The fraction of sp³-hybridized carbons (Fsp3) is 0.348. The largest absolute Gasteiger partial charge is 0.493 e. The van der Waals surface area contributed by atoms with Crippen molar-refractivity contribution in [3.63, 3.8) is 0 Å². The lowest BCUT2D eigenvalue weighted by atomic mass is 10.0. The molecule has 2 atom stereocenters. The molecule has 0 aliphatic carbocycles. The highest BCUT2D eigenvalue weighted by Crippen LogP contribution is 2.31. The Morgan fingerprint density at radius 3 is 2.71 bits per heavy atom. The zero-order valence-electron chi connectivity index (χ0n) is 17.4. The van der Waals surface area contributed by atoms with E-state index in [-0.39, 0.29) is 36.6 Å². The van der Waals surface area contributed by atoms with Crippen molar-refractivity contribution in [3.8, 4) is 5.75 Å². The van der Waals surface area contributed by atoms with Crippen molar-refractivity contribution in [1.82, 2.24) is 10.6 Å². The van der Waals surface area contributed by atoms with Gasteiger partial charge in [-0.2, -0.15) is 0 Å². The van der Waals surface area contributed by atoms with Gasteiger partial charge in [0.25, 0.3) is 0 Å². The number of hydrogen-bond donors (Lipinski definition) is 3. The number of furan rings is 2. The number of hydrogen-bond acceptors (Lipinski definition) is 5. The quantitative estimate of drug-likeness (QED) is 0.240. The number of fused-ring (bicyclic) bond motifs is 1. The first-order valence-electron chi connectivity index (χ1n) is 10.2. The van der Waals surface area contributed by atoms with Gasteiger partial charge >= 0.3 is 0 Å². The van der Waals surface area contributed by atoms with Crippen LogP contribution in [0.2, 0.25) is 0 Å². The molecule has 3 heterocycles. The Labute approximate surface area is 198 Å². The fourth-order valence-electron chi connectivity index (χ4n) is 3.46. The van der Waals surface area contributed by atoms with Gasteiger partial charge in [-0.1, -0.05) is 18.2 Å². The number of guanidine groups is 1. The molecular formula is C23H28IN3O4. The van der Waals surface area contributed by atoms with E-state index in [1.54, 1.807) is 31.6 Å². The first kappa shape index (κ1) is 23.2. The molecule has 2 aromatic heterocycles. The van der Waals surface area contributed by atoms with E-state index >= 15 is 0 Å². The average Bonchev–Trinajstić information content (AvgIpc) is 3.47. The van der Waals surface area contributed by atoms with E-state index in [1.165, 1.54) is 0 Å². The number of nitrogens with one attached hydrogen (secondary N) is 2. The third-order valence-electron chi connectivity index (χ3n) is 5.11. The van der Waals surface area contributed by atoms with Crippen molar-refractivity contribution in [2.45, 2.75) is 31.4 Å². The predicted octanol–water partition coefficient (Wildman–Crippen LogP) is 4.00. The Bertz CT molecular complexity index is 955. The minimum atomic E-state index is -1.20. The van der Waals surface area contributed by atoms with Crippen molar-refractivity contribution < 1.29 is 18.7 Å². The Kier molecular flexibility index (Phi) is 8.03. The Hall–Kier alpha value is -2.46. The summed E-state index contributed by atoms with van der Waals surface area (Å²) in [4.78, 5) is 4.65. The van der Waals surface area contributed by atoms with Crippen LogP contribution in [0.1, 0.15) is 36.5 Å². The number of halogens is 1. The number of aliphatic hydroxyl groups is 1. The van der Waals surface area contributed by atoms with E-state index in [1.807, 2.05) is 30.3 Å². The van der Waals surface area contributed by atoms with Gasteiger partial charge in [0.2, 0.25) is 0 Å². The van der Waals surface area contributed by atoms with Crippen LogP contribution in [0.4, 0.5) is 0 Å². The van der Waals surface area contributed by atoms with Crippen molar-refractivity contribution in [3.05, 3.63) is 78.1 Å². The summed E-state index contributed by atoms with van der Waals surface area (Å²) < 4.78 is 16.5. The molecule has 3 N–H and O–H groups in total. The molecule has 0 saturated carbocycles. The molecule has 0 fully saturated rings. The maximum atomic E-state index is 10.8. The first-order chi connectivity index (χ1) is 14.6. The van der Waals surface area contributed by atoms with Crippen LogP contribution in [-0.4, -0.2) is 30.8 Å². The SMILES string of the molecule is CC(O)(CN=C(NCCc1ccco1)NC1CCOc2ccccc21)c1ccco1.I. The first-order valence-corrected chi connectivity index (χ1v) is 10.2. The lowest BCUT2D eigenvalue weighted by Crippen LogP contribution is -2.42. The van der Waals surface area contributed by atoms with E-state index in [0.717, 1.165) is 29.9 Å². The topological polar surface area (TPSA) is 92.2 Å². The second-order valence-corrected chi connectivity index (χ2v) is 7.54. The fourth-order valence-corrected chi connectivity index (χ4v) is 3.46. The molecule has 7 nitrogen and oxygen atoms in total. The van der Waals surface area contributed by atoms with Crippen LogP contribution in [0, 0.1) is 0 Å². The minimum Gasteiger partial charge on any atom is -0.493 e. The van der Waals surface area contributed by atoms with Crippen molar-refractivity contribution in [2.75, 3.05) is 19.7 Å². The van der Waals surface area contributed by atoms with Gasteiger partial charge in [0.1, 0.15) is 22.9 Å². The zero-order valence-corrected chi connectivity index (χ0v) is 19.7. The molecule has 0 saturated heterocycles. The highest BCUT2D eigenvalue weighted by molar-refractivity contribution is 14.0. The molecule has 2 unspecified atom stereocenters. The maximum absolute atomic E-state index is 10.8. The summed E-state index contributed by atoms with van der Waals surface area (Å²) in [5, 5.41) is 17.6. The number of aliphatic imine (C=N–C) groups is 1. The zero-order chi connectivity index (χ0) is 20.8. The van der Waals surface area contributed by atoms with Gasteiger partial charge in [0, 0.05) is 24.9 Å². The van der Waals surface area contributed by atoms with Crippen LogP contribution in [-0.2, 0) is 12.0 Å². The highest BCUT2D eigenvalue weighted by Gasteiger charge is 2.27. The second kappa shape index (κ2) is 10.7. The summed E-state index contributed by atoms with van der Waals surface area (Å²) in [7, 11) is 0. The standard InChI is InChI=1S/C23H27N3O4.HI/c1-23(27,21-9-5-14-30-21)16-25-22(24-12-10-17-6-4-13-28-17)26-19-11-15-29-20-8-3-2-7-18(19)20;/h2-9,13-14,19,27H,10-12,15-16H2,1H3,(H2,24,25,26);1H. The van der Waals surface area contributed by atoms with E-state index < -0.39 is 5.60 Å². The van der Waals surface area contributed by atoms with E-state index in [9.17, 15) is 5.11 Å². The summed E-state index contributed by atoms with van der Waals surface area (Å²) in [6, 6.07) is 15.4. The lowest BCUT2D eigenvalue weighted by molar-refractivity contribution is 0.0436. The van der Waals surface area contributed by atoms with Gasteiger partial charge in [-0.15, -0.1) is 24.0 Å². The van der Waals surface area contributed by atoms with Gasteiger partial charge in [-0.25, -0.2) is 4.99 Å². The van der Waals surface area contributed by atoms with E-state index in [4.69, 9.17) is 13.6 Å². The Morgan fingerprint density at radius 2 is 1.94 bits per heavy atom. The molecule has 3 aromatic rings. The molecule has 4 rings (SSSR count). The normalized spacial score (nSPS) is 17.6. The van der Waals surface area contributed by atoms with E-state index in [0.29, 0.717) is 24.9 Å². The maximum Gasteiger partial charge on any atom is 0.191 e. The number of rotatable bonds is 7. The van der Waals surface area contributed by atoms with Crippen LogP contribution in [0.25, 0.3) is 0 Å². The van der Waals surface area contributed by atoms with Crippen molar-refractivity contribution >= 4 is 29.9 Å². The summed E-state index contributed by atoms with van der Waals surface area (Å²) in [5.41, 5.74) is -0.103. The molecule has 1 aliphatic heterocycles. The number of para-hydroxylation sites is 1. The third kappa shape index (κ3) is 6.04. The molecule has 31 heavy (non-hydrogen) atoms. The molecule has 1 aliphatic rings. The van der Waals surface area contributed by atoms with Gasteiger partial charge in [-0.3, -0.25) is 0 Å². The number of benzene rings is 1. The van der Waals surface area contributed by atoms with Gasteiger partial charge < -0.3 is 29.3 Å². The predicted molar refractivity (Wildman–Crippen MR) is 129 cm³/mol. The molecular weight excluding hydrogens is 509 g/mol. The van der Waals surface area contributed by atoms with Gasteiger partial charge in [0.15, 0.2) is 5.96 Å². The number of ether oxygens (including phenoxy) is 1. The van der Waals surface area contributed by atoms with Gasteiger partial charge in [0.05, 0.1) is 31.7 Å². The molecule has 8 heteroatoms. The Morgan fingerprint density at radius 1 is 1.13 bits per heavy atom. The van der Waals surface area contributed by atoms with Gasteiger partial charge in [-0.05, 0) is 37.3 Å². The van der Waals surface area contributed by atoms with Crippen LogP contribution >= 0.6 is 24.0 Å². The smallest absolute Gasteiger partial charge is 0.191 e. The summed E-state index contributed by atoms with van der Waals surface area (Å²) >= 11 is 0. The lowest BCUT2D eigenvalue weighted by Gasteiger charge is -2.28. The number of nitrogens with zero attached hydrogens (tertiary/aromatic N) is 1. The molecule has 1 aromatic carbocycles. The van der Waals surface area contributed by atoms with Crippen molar-refractivity contribution in [2.24, 2.45) is 4.99 Å². The molecule has 0 amide bonds. The average molecular weight is 537 g/mol. The summed E-state index contributed by atoms with van der Waals surface area (Å²) in [5.74, 6) is 2.90. The molecule has 0 spiro atoms. The van der Waals surface area contributed by atoms with Crippen LogP contribution in [0.3, 0.4) is 0 Å². The van der Waals surface area contributed by atoms with Crippen molar-refractivity contribution in [1.29, 1.82) is 0 Å². The minimum absolute atomic E-state index is 0. The summed E-state index contributed by atoms with van der Waals surface area (Å²) in [6.07, 6.45) is 4.77. The molecule has 0 radical (unpaired) electrons. The highest BCUT2D eigenvalue weighted by atomic mass is 127. The van der Waals surface area contributed by atoms with Crippen LogP contribution in [0.5, 0.6) is 5.75 Å². The second-order valence-electron chi connectivity index (χ2n) is 7.54. The molecule has 0 bridgehead atoms.